The second-order valence-corrected chi connectivity index (χ2v) is 5.59. The average molecular weight is 289 g/mol. The molecule has 1 fully saturated rings. The van der Waals surface area contributed by atoms with E-state index >= 15 is 0 Å². The van der Waals surface area contributed by atoms with Crippen molar-refractivity contribution in [1.29, 1.82) is 0 Å². The molecule has 1 aromatic rings. The predicted octanol–water partition coefficient (Wildman–Crippen LogP) is 2.41. The predicted molar refractivity (Wildman–Crippen MR) is 77.7 cm³/mol. The molecular formula is C16H19NO4. The molecule has 21 heavy (non-hydrogen) atoms. The number of hydrogen-bond acceptors (Lipinski definition) is 4. The summed E-state index contributed by atoms with van der Waals surface area (Å²) in [6.07, 6.45) is 2.79. The number of ketones is 1. The van der Waals surface area contributed by atoms with Crippen LogP contribution in [0.1, 0.15) is 36.5 Å². The zero-order valence-electron chi connectivity index (χ0n) is 12.1. The molecule has 1 aliphatic heterocycles. The summed E-state index contributed by atoms with van der Waals surface area (Å²) >= 11 is 0. The molecule has 5 heteroatoms. The summed E-state index contributed by atoms with van der Waals surface area (Å²) < 4.78 is 10.8. The van der Waals surface area contributed by atoms with Gasteiger partial charge in [0.05, 0.1) is 11.8 Å². The minimum Gasteiger partial charge on any atom is -0.482 e. The highest BCUT2D eigenvalue weighted by Crippen LogP contribution is 2.34. The fourth-order valence-corrected chi connectivity index (χ4v) is 2.85. The van der Waals surface area contributed by atoms with E-state index in [0.717, 1.165) is 19.4 Å². The molecule has 0 spiro atoms. The Morgan fingerprint density at radius 1 is 1.43 bits per heavy atom. The molecule has 2 aliphatic rings. The minimum absolute atomic E-state index is 0.0290. The number of benzene rings is 1. The van der Waals surface area contributed by atoms with E-state index in [1.165, 1.54) is 0 Å². The number of rotatable bonds is 5. The third-order valence-electron chi connectivity index (χ3n) is 4.00. The van der Waals surface area contributed by atoms with Crippen LogP contribution in [0.3, 0.4) is 0 Å². The third kappa shape index (κ3) is 3.08. The normalized spacial score (nSPS) is 23.6. The van der Waals surface area contributed by atoms with E-state index in [1.807, 2.05) is 6.92 Å². The molecule has 0 unspecified atom stereocenters. The third-order valence-corrected chi connectivity index (χ3v) is 4.00. The van der Waals surface area contributed by atoms with Gasteiger partial charge in [-0.3, -0.25) is 9.59 Å². The minimum atomic E-state index is -0.189. The van der Waals surface area contributed by atoms with E-state index in [0.29, 0.717) is 35.4 Å². The molecule has 1 aliphatic carbocycles. The van der Waals surface area contributed by atoms with E-state index in [9.17, 15) is 9.59 Å². The fourth-order valence-electron chi connectivity index (χ4n) is 2.85. The summed E-state index contributed by atoms with van der Waals surface area (Å²) in [6.45, 7) is 2.75. The van der Waals surface area contributed by atoms with Gasteiger partial charge in [0.1, 0.15) is 5.75 Å². The van der Waals surface area contributed by atoms with Crippen molar-refractivity contribution >= 4 is 17.4 Å². The van der Waals surface area contributed by atoms with Gasteiger partial charge in [-0.15, -0.1) is 0 Å². The van der Waals surface area contributed by atoms with Crippen molar-refractivity contribution < 1.29 is 19.1 Å². The van der Waals surface area contributed by atoms with E-state index in [4.69, 9.17) is 9.47 Å². The first kappa shape index (κ1) is 14.1. The molecule has 1 saturated carbocycles. The van der Waals surface area contributed by atoms with E-state index in [2.05, 4.69) is 5.32 Å². The molecule has 0 bridgehead atoms. The van der Waals surface area contributed by atoms with Gasteiger partial charge in [-0.05, 0) is 43.9 Å². The number of hydrogen-bond donors (Lipinski definition) is 1. The van der Waals surface area contributed by atoms with Gasteiger partial charge in [0.15, 0.2) is 12.4 Å². The van der Waals surface area contributed by atoms with Crippen molar-refractivity contribution in [3.8, 4) is 5.75 Å². The second kappa shape index (κ2) is 5.85. The number of carbonyl (C=O) groups excluding carboxylic acids is 2. The SMILES string of the molecule is CCOC1CC(CC(=O)c2ccc3c(c2)NC(=O)CO3)C1. The molecule has 5 nitrogen and oxygen atoms in total. The number of anilines is 1. The van der Waals surface area contributed by atoms with Gasteiger partial charge in [0.25, 0.3) is 5.91 Å². The summed E-state index contributed by atoms with van der Waals surface area (Å²) in [7, 11) is 0. The Morgan fingerprint density at radius 2 is 2.24 bits per heavy atom. The van der Waals surface area contributed by atoms with Crippen LogP contribution in [0.5, 0.6) is 5.75 Å². The highest BCUT2D eigenvalue weighted by Gasteiger charge is 2.31. The maximum absolute atomic E-state index is 12.3. The number of Topliss-reactive ketones (excluding diaryl/α,β-unsaturated/α-hetero) is 1. The van der Waals surface area contributed by atoms with Crippen LogP contribution in [0.15, 0.2) is 18.2 Å². The molecule has 0 saturated heterocycles. The van der Waals surface area contributed by atoms with Crippen molar-refractivity contribution in [3.05, 3.63) is 23.8 Å². The number of carbonyl (C=O) groups is 2. The number of fused-ring (bicyclic) bond motifs is 1. The zero-order chi connectivity index (χ0) is 14.8. The molecular weight excluding hydrogens is 270 g/mol. The molecule has 0 atom stereocenters. The average Bonchev–Trinajstić information content (AvgIpc) is 2.44. The fraction of sp³-hybridized carbons (Fsp3) is 0.500. The van der Waals surface area contributed by atoms with Crippen LogP contribution in [0.2, 0.25) is 0 Å². The highest BCUT2D eigenvalue weighted by molar-refractivity contribution is 6.00. The van der Waals surface area contributed by atoms with Gasteiger partial charge in [0, 0.05) is 18.6 Å². The van der Waals surface area contributed by atoms with Crippen LogP contribution in [0.25, 0.3) is 0 Å². The lowest BCUT2D eigenvalue weighted by Crippen LogP contribution is -2.32. The summed E-state index contributed by atoms with van der Waals surface area (Å²) in [4.78, 5) is 23.6. The van der Waals surface area contributed by atoms with Crippen molar-refractivity contribution in [1.82, 2.24) is 0 Å². The molecule has 1 N–H and O–H groups in total. The van der Waals surface area contributed by atoms with E-state index in [-0.39, 0.29) is 18.3 Å². The van der Waals surface area contributed by atoms with Crippen LogP contribution in [0.4, 0.5) is 5.69 Å². The number of nitrogens with one attached hydrogen (secondary N) is 1. The van der Waals surface area contributed by atoms with Gasteiger partial charge in [-0.1, -0.05) is 0 Å². The Kier molecular flexibility index (Phi) is 3.92. The first-order chi connectivity index (χ1) is 10.2. The summed E-state index contributed by atoms with van der Waals surface area (Å²) in [5.74, 6) is 0.949. The highest BCUT2D eigenvalue weighted by atomic mass is 16.5. The van der Waals surface area contributed by atoms with Gasteiger partial charge in [-0.2, -0.15) is 0 Å². The van der Waals surface area contributed by atoms with E-state index < -0.39 is 0 Å². The molecule has 3 rings (SSSR count). The maximum Gasteiger partial charge on any atom is 0.262 e. The van der Waals surface area contributed by atoms with Crippen molar-refractivity contribution in [2.75, 3.05) is 18.5 Å². The summed E-state index contributed by atoms with van der Waals surface area (Å²) in [5.41, 5.74) is 1.21. The van der Waals surface area contributed by atoms with Crippen molar-refractivity contribution in [2.45, 2.75) is 32.3 Å². The molecule has 112 valence electrons. The maximum atomic E-state index is 12.3. The molecule has 0 radical (unpaired) electrons. The lowest BCUT2D eigenvalue weighted by molar-refractivity contribution is -0.118. The number of ether oxygens (including phenoxy) is 2. The smallest absolute Gasteiger partial charge is 0.262 e. The van der Waals surface area contributed by atoms with Crippen molar-refractivity contribution in [3.63, 3.8) is 0 Å². The quantitative estimate of drug-likeness (QED) is 0.845. The van der Waals surface area contributed by atoms with Crippen molar-refractivity contribution in [2.24, 2.45) is 5.92 Å². The lowest BCUT2D eigenvalue weighted by Gasteiger charge is -2.34. The largest absolute Gasteiger partial charge is 0.482 e. The summed E-state index contributed by atoms with van der Waals surface area (Å²) in [5, 5.41) is 2.72. The standard InChI is InChI=1S/C16H19NO4/c1-2-20-12-5-10(6-12)7-14(18)11-3-4-15-13(8-11)17-16(19)9-21-15/h3-4,8,10,12H,2,5-7,9H2,1H3,(H,17,19). The van der Waals surface area contributed by atoms with Crippen LogP contribution < -0.4 is 10.1 Å². The monoisotopic (exact) mass is 289 g/mol. The van der Waals surface area contributed by atoms with Crippen LogP contribution in [-0.2, 0) is 9.53 Å². The zero-order valence-corrected chi connectivity index (χ0v) is 12.1. The Bertz CT molecular complexity index is 563. The first-order valence-corrected chi connectivity index (χ1v) is 7.37. The Labute approximate surface area is 123 Å². The first-order valence-electron chi connectivity index (χ1n) is 7.37. The second-order valence-electron chi connectivity index (χ2n) is 5.59. The van der Waals surface area contributed by atoms with Crippen LogP contribution >= 0.6 is 0 Å². The van der Waals surface area contributed by atoms with Gasteiger partial charge >= 0.3 is 0 Å². The summed E-state index contributed by atoms with van der Waals surface area (Å²) in [6, 6.07) is 5.20. The molecule has 1 amide bonds. The Morgan fingerprint density at radius 3 is 3.00 bits per heavy atom. The topological polar surface area (TPSA) is 64.6 Å². The van der Waals surface area contributed by atoms with Gasteiger partial charge < -0.3 is 14.8 Å². The molecule has 1 heterocycles. The van der Waals surface area contributed by atoms with Gasteiger partial charge in [-0.25, -0.2) is 0 Å². The number of amides is 1. The van der Waals surface area contributed by atoms with Gasteiger partial charge in [0.2, 0.25) is 0 Å². The Hall–Kier alpha value is -1.88. The molecule has 0 aromatic heterocycles. The van der Waals surface area contributed by atoms with E-state index in [1.54, 1.807) is 18.2 Å². The van der Waals surface area contributed by atoms with Crippen LogP contribution in [-0.4, -0.2) is 31.0 Å². The Balaban J connectivity index is 1.61. The lowest BCUT2D eigenvalue weighted by atomic mass is 9.78. The van der Waals surface area contributed by atoms with Crippen LogP contribution in [0, 0.1) is 5.92 Å². The molecule has 1 aromatic carbocycles.